The Morgan fingerprint density at radius 3 is 1.66 bits per heavy atom. The topological polar surface area (TPSA) is 98.8 Å². The summed E-state index contributed by atoms with van der Waals surface area (Å²) in [5, 5.41) is 5.26. The molecule has 0 bridgehead atoms. The van der Waals surface area contributed by atoms with Gasteiger partial charge in [-0.15, -0.1) is 0 Å². The summed E-state index contributed by atoms with van der Waals surface area (Å²) in [6.45, 7) is -0.0839. The van der Waals surface area contributed by atoms with E-state index in [9.17, 15) is 22.4 Å². The van der Waals surface area contributed by atoms with Gasteiger partial charge in [0.15, 0.2) is 0 Å². The summed E-state index contributed by atoms with van der Waals surface area (Å²) in [5.74, 6) is -1.10. The van der Waals surface area contributed by atoms with Gasteiger partial charge < -0.3 is 10.6 Å². The van der Waals surface area contributed by atoms with E-state index in [0.717, 1.165) is 4.31 Å². The third-order valence-corrected chi connectivity index (χ3v) is 5.70. The molecule has 156 valence electrons. The highest BCUT2D eigenvalue weighted by Gasteiger charge is 2.17. The number of carbonyl (C=O) groups is 2. The van der Waals surface area contributed by atoms with Crippen LogP contribution in [0.25, 0.3) is 0 Å². The molecule has 10 heteroatoms. The van der Waals surface area contributed by atoms with Crippen LogP contribution in [0.2, 0.25) is 0 Å². The number of halogens is 1. The van der Waals surface area contributed by atoms with Crippen molar-refractivity contribution in [3.8, 4) is 0 Å². The Morgan fingerprint density at radius 1 is 0.828 bits per heavy atom. The standard InChI is InChI=1S/C19H23FN4O4S/c1-23(2)29(27,28)17-10-8-16(9-11-17)22-19(26)13-24(3)12-18(25)21-15-6-4-14(20)5-7-15/h4-11H,12-13H2,1-3H3,(H,21,25)(H,22,26). The maximum Gasteiger partial charge on any atom is 0.242 e. The number of sulfonamides is 1. The molecule has 0 heterocycles. The molecule has 0 aliphatic heterocycles. The van der Waals surface area contributed by atoms with Crippen LogP contribution in [0, 0.1) is 5.82 Å². The largest absolute Gasteiger partial charge is 0.325 e. The first-order chi connectivity index (χ1) is 13.6. The number of hydrogen-bond donors (Lipinski definition) is 2. The summed E-state index contributed by atoms with van der Waals surface area (Å²) in [6, 6.07) is 11.2. The molecule has 0 atom stereocenters. The van der Waals surface area contributed by atoms with Crippen molar-refractivity contribution in [3.05, 3.63) is 54.3 Å². The Bertz CT molecular complexity index is 961. The number of nitrogens with one attached hydrogen (secondary N) is 2. The third kappa shape index (κ3) is 6.63. The zero-order chi connectivity index (χ0) is 21.6. The van der Waals surface area contributed by atoms with Crippen molar-refractivity contribution in [2.45, 2.75) is 4.90 Å². The van der Waals surface area contributed by atoms with E-state index in [2.05, 4.69) is 10.6 Å². The summed E-state index contributed by atoms with van der Waals surface area (Å²) < 4.78 is 38.1. The van der Waals surface area contributed by atoms with Gasteiger partial charge in [-0.25, -0.2) is 17.1 Å². The highest BCUT2D eigenvalue weighted by atomic mass is 32.2. The first-order valence-corrected chi connectivity index (χ1v) is 10.1. The molecule has 0 aliphatic rings. The quantitative estimate of drug-likeness (QED) is 0.673. The fourth-order valence-electron chi connectivity index (χ4n) is 2.40. The van der Waals surface area contributed by atoms with Crippen molar-refractivity contribution in [3.63, 3.8) is 0 Å². The third-order valence-electron chi connectivity index (χ3n) is 3.87. The van der Waals surface area contributed by atoms with Gasteiger partial charge in [-0.3, -0.25) is 14.5 Å². The molecule has 0 fully saturated rings. The van der Waals surface area contributed by atoms with Crippen molar-refractivity contribution in [2.75, 3.05) is 44.9 Å². The summed E-state index contributed by atoms with van der Waals surface area (Å²) in [5.41, 5.74) is 0.902. The van der Waals surface area contributed by atoms with Crippen molar-refractivity contribution in [1.29, 1.82) is 0 Å². The molecule has 0 aromatic heterocycles. The molecule has 2 aromatic carbocycles. The van der Waals surface area contributed by atoms with E-state index in [1.165, 1.54) is 67.5 Å². The minimum atomic E-state index is -3.54. The Labute approximate surface area is 169 Å². The van der Waals surface area contributed by atoms with Crippen LogP contribution in [0.1, 0.15) is 0 Å². The molecule has 8 nitrogen and oxygen atoms in total. The van der Waals surface area contributed by atoms with Gasteiger partial charge >= 0.3 is 0 Å². The predicted molar refractivity (Wildman–Crippen MR) is 108 cm³/mol. The van der Waals surface area contributed by atoms with Crippen LogP contribution in [-0.4, -0.2) is 63.7 Å². The van der Waals surface area contributed by atoms with Crippen LogP contribution in [0.3, 0.4) is 0 Å². The van der Waals surface area contributed by atoms with Gasteiger partial charge in [0.05, 0.1) is 18.0 Å². The number of anilines is 2. The molecule has 0 saturated heterocycles. The Balaban J connectivity index is 1.85. The van der Waals surface area contributed by atoms with E-state index >= 15 is 0 Å². The number of likely N-dealkylation sites (N-methyl/N-ethyl adjacent to an activating group) is 1. The molecule has 29 heavy (non-hydrogen) atoms. The molecular formula is C19H23FN4O4S. The average Bonchev–Trinajstić information content (AvgIpc) is 2.63. The van der Waals surface area contributed by atoms with Gasteiger partial charge in [0.2, 0.25) is 21.8 Å². The molecule has 0 aliphatic carbocycles. The molecular weight excluding hydrogens is 399 g/mol. The Morgan fingerprint density at radius 2 is 1.24 bits per heavy atom. The fourth-order valence-corrected chi connectivity index (χ4v) is 3.30. The van der Waals surface area contributed by atoms with E-state index < -0.39 is 15.8 Å². The van der Waals surface area contributed by atoms with Crippen molar-refractivity contribution in [1.82, 2.24) is 9.21 Å². The zero-order valence-electron chi connectivity index (χ0n) is 16.3. The molecule has 2 N–H and O–H groups in total. The number of benzene rings is 2. The SMILES string of the molecule is CN(CC(=O)Nc1ccc(F)cc1)CC(=O)Nc1ccc(S(=O)(=O)N(C)C)cc1. The summed E-state index contributed by atoms with van der Waals surface area (Å²) >= 11 is 0. The van der Waals surface area contributed by atoms with E-state index in [4.69, 9.17) is 0 Å². The number of hydrogen-bond acceptors (Lipinski definition) is 5. The molecule has 0 spiro atoms. The fraction of sp³-hybridized carbons (Fsp3) is 0.263. The van der Waals surface area contributed by atoms with Crippen LogP contribution in [-0.2, 0) is 19.6 Å². The summed E-state index contributed by atoms with van der Waals surface area (Å²) in [7, 11) is 0.947. The van der Waals surface area contributed by atoms with Gasteiger partial charge in [-0.05, 0) is 55.6 Å². The smallest absolute Gasteiger partial charge is 0.242 e. The summed E-state index contributed by atoms with van der Waals surface area (Å²) in [6.07, 6.45) is 0. The first kappa shape index (κ1) is 22.5. The first-order valence-electron chi connectivity index (χ1n) is 8.64. The second-order valence-electron chi connectivity index (χ2n) is 6.59. The van der Waals surface area contributed by atoms with E-state index in [1.54, 1.807) is 7.05 Å². The highest BCUT2D eigenvalue weighted by Crippen LogP contribution is 2.16. The minimum absolute atomic E-state index is 0.0369. The highest BCUT2D eigenvalue weighted by molar-refractivity contribution is 7.89. The van der Waals surface area contributed by atoms with Gasteiger partial charge in [-0.1, -0.05) is 0 Å². The van der Waals surface area contributed by atoms with Crippen LogP contribution in [0.4, 0.5) is 15.8 Å². The maximum absolute atomic E-state index is 12.9. The molecule has 2 aromatic rings. The summed E-state index contributed by atoms with van der Waals surface area (Å²) in [4.78, 5) is 25.8. The number of carbonyl (C=O) groups excluding carboxylic acids is 2. The second kappa shape index (κ2) is 9.59. The molecule has 0 unspecified atom stereocenters. The lowest BCUT2D eigenvalue weighted by Gasteiger charge is -2.16. The lowest BCUT2D eigenvalue weighted by Crippen LogP contribution is -2.36. The monoisotopic (exact) mass is 422 g/mol. The number of amides is 2. The van der Waals surface area contributed by atoms with Crippen molar-refractivity contribution in [2.24, 2.45) is 0 Å². The van der Waals surface area contributed by atoms with Crippen LogP contribution < -0.4 is 10.6 Å². The van der Waals surface area contributed by atoms with Gasteiger partial charge in [0.1, 0.15) is 5.82 Å². The molecule has 2 amide bonds. The van der Waals surface area contributed by atoms with Gasteiger partial charge in [0.25, 0.3) is 0 Å². The predicted octanol–water partition coefficient (Wildman–Crippen LogP) is 1.58. The van der Waals surface area contributed by atoms with Crippen LogP contribution in [0.5, 0.6) is 0 Å². The minimum Gasteiger partial charge on any atom is -0.325 e. The molecule has 0 radical (unpaired) electrons. The van der Waals surface area contributed by atoms with Crippen molar-refractivity contribution >= 4 is 33.2 Å². The van der Waals surface area contributed by atoms with Gasteiger partial charge in [0, 0.05) is 25.5 Å². The van der Waals surface area contributed by atoms with Crippen LogP contribution >= 0.6 is 0 Å². The molecule has 0 saturated carbocycles. The van der Waals surface area contributed by atoms with E-state index in [-0.39, 0.29) is 29.8 Å². The van der Waals surface area contributed by atoms with Crippen LogP contribution in [0.15, 0.2) is 53.4 Å². The lowest BCUT2D eigenvalue weighted by atomic mass is 10.3. The lowest BCUT2D eigenvalue weighted by molar-refractivity contribution is -0.119. The normalized spacial score (nSPS) is 11.5. The van der Waals surface area contributed by atoms with E-state index in [0.29, 0.717) is 11.4 Å². The maximum atomic E-state index is 12.9. The zero-order valence-corrected chi connectivity index (χ0v) is 17.2. The van der Waals surface area contributed by atoms with E-state index in [1.807, 2.05) is 0 Å². The number of nitrogens with zero attached hydrogens (tertiary/aromatic N) is 2. The van der Waals surface area contributed by atoms with Crippen molar-refractivity contribution < 1.29 is 22.4 Å². The Kier molecular flexibility index (Phi) is 7.43. The van der Waals surface area contributed by atoms with Gasteiger partial charge in [-0.2, -0.15) is 0 Å². The second-order valence-corrected chi connectivity index (χ2v) is 8.74. The average molecular weight is 422 g/mol. The number of rotatable bonds is 8. The molecule has 2 rings (SSSR count). The Hall–Kier alpha value is -2.82.